The van der Waals surface area contributed by atoms with Crippen molar-refractivity contribution in [1.82, 2.24) is 24.3 Å². The maximum Gasteiger partial charge on any atom is 0.416 e. The molecule has 1 atom stereocenters. The van der Waals surface area contributed by atoms with Crippen molar-refractivity contribution in [3.63, 3.8) is 0 Å². The highest BCUT2D eigenvalue weighted by molar-refractivity contribution is 5.62. The number of rotatable bonds is 5. The number of nitrogens with one attached hydrogen (secondary N) is 1. The van der Waals surface area contributed by atoms with Gasteiger partial charge in [-0.1, -0.05) is 18.2 Å². The largest absolute Gasteiger partial charge is 0.494 e. The van der Waals surface area contributed by atoms with E-state index in [2.05, 4.69) is 20.4 Å². The first kappa shape index (κ1) is 22.0. The normalized spacial score (nSPS) is 15.7. The van der Waals surface area contributed by atoms with Crippen LogP contribution in [0.3, 0.4) is 0 Å². The molecular weight excluding hydrogens is 445 g/mol. The Hall–Kier alpha value is -3.82. The lowest BCUT2D eigenvalue weighted by molar-refractivity contribution is -0.137. The highest BCUT2D eigenvalue weighted by Crippen LogP contribution is 2.37. The third-order valence-electron chi connectivity index (χ3n) is 5.92. The van der Waals surface area contributed by atoms with Gasteiger partial charge in [-0.05, 0) is 43.5 Å². The monoisotopic (exact) mass is 468 g/mol. The van der Waals surface area contributed by atoms with Gasteiger partial charge in [-0.15, -0.1) is 5.10 Å². The fourth-order valence-corrected chi connectivity index (χ4v) is 4.30. The second-order valence-corrected chi connectivity index (χ2v) is 8.27. The summed E-state index contributed by atoms with van der Waals surface area (Å²) in [5.74, 6) is 1.45. The first-order valence-corrected chi connectivity index (χ1v) is 10.9. The zero-order valence-electron chi connectivity index (χ0n) is 18.7. The number of alkyl halides is 3. The number of nitrogens with zero attached hydrogens (tertiary/aromatic N) is 5. The third-order valence-corrected chi connectivity index (χ3v) is 5.92. The van der Waals surface area contributed by atoms with Crippen molar-refractivity contribution < 1.29 is 17.9 Å². The van der Waals surface area contributed by atoms with E-state index in [1.54, 1.807) is 24.2 Å². The molecule has 1 aliphatic heterocycles. The first-order valence-electron chi connectivity index (χ1n) is 10.9. The van der Waals surface area contributed by atoms with Crippen LogP contribution in [0.4, 0.5) is 24.8 Å². The summed E-state index contributed by atoms with van der Waals surface area (Å²) in [6.45, 7) is 2.58. The Balaban J connectivity index is 1.42. The Labute approximate surface area is 194 Å². The summed E-state index contributed by atoms with van der Waals surface area (Å²) >= 11 is 0. The number of fused-ring (bicyclic) bond motifs is 1. The number of ether oxygens (including phenoxy) is 1. The van der Waals surface area contributed by atoms with Crippen LogP contribution in [-0.2, 0) is 12.7 Å². The van der Waals surface area contributed by atoms with E-state index in [4.69, 9.17) is 4.74 Å². The standard InChI is InChI=1S/C24H23F3N6O/c1-15-13-32(14-28-15)20-9-8-18(12-21(20)34-2)29-23-30-22-19(7-4-10-33(22)31-23)16-5-3-6-17(11-16)24(25,26)27/h3,5-6,8-9,11-14,19H,4,7,10H2,1-2H3,(H,29,31). The lowest BCUT2D eigenvalue weighted by Gasteiger charge is -2.23. The summed E-state index contributed by atoms with van der Waals surface area (Å²) in [5.41, 5.74) is 2.41. The molecule has 10 heteroatoms. The quantitative estimate of drug-likeness (QED) is 0.421. The van der Waals surface area contributed by atoms with Crippen LogP contribution in [-0.4, -0.2) is 31.4 Å². The van der Waals surface area contributed by atoms with Crippen molar-refractivity contribution >= 4 is 11.6 Å². The maximum atomic E-state index is 13.2. The number of halogens is 3. The number of methoxy groups -OCH3 is 1. The Morgan fingerprint density at radius 3 is 2.74 bits per heavy atom. The number of benzene rings is 2. The summed E-state index contributed by atoms with van der Waals surface area (Å²) in [7, 11) is 1.60. The van der Waals surface area contributed by atoms with Gasteiger partial charge in [-0.2, -0.15) is 18.2 Å². The second kappa shape index (κ2) is 8.51. The van der Waals surface area contributed by atoms with Crippen LogP contribution in [0.25, 0.3) is 5.69 Å². The Morgan fingerprint density at radius 2 is 2.00 bits per heavy atom. The highest BCUT2D eigenvalue weighted by Gasteiger charge is 2.32. The van der Waals surface area contributed by atoms with E-state index < -0.39 is 11.7 Å². The Kier molecular flexibility index (Phi) is 5.51. The average Bonchev–Trinajstić information content (AvgIpc) is 3.44. The number of aryl methyl sites for hydroxylation is 2. The van der Waals surface area contributed by atoms with Gasteiger partial charge in [-0.25, -0.2) is 9.67 Å². The topological polar surface area (TPSA) is 69.8 Å². The van der Waals surface area contributed by atoms with Gasteiger partial charge in [0.05, 0.1) is 30.4 Å². The minimum Gasteiger partial charge on any atom is -0.494 e. The van der Waals surface area contributed by atoms with E-state index in [1.807, 2.05) is 35.9 Å². The van der Waals surface area contributed by atoms with Gasteiger partial charge in [0.1, 0.15) is 11.6 Å². The molecular formula is C24H23F3N6O. The van der Waals surface area contributed by atoms with E-state index in [1.165, 1.54) is 12.1 Å². The van der Waals surface area contributed by atoms with Crippen LogP contribution in [0.15, 0.2) is 55.0 Å². The number of aromatic nitrogens is 5. The molecule has 2 aromatic heterocycles. The lowest BCUT2D eigenvalue weighted by Crippen LogP contribution is -2.18. The predicted octanol–water partition coefficient (Wildman–Crippen LogP) is 5.47. The molecule has 5 rings (SSSR count). The van der Waals surface area contributed by atoms with E-state index in [9.17, 15) is 13.2 Å². The first-order chi connectivity index (χ1) is 16.3. The predicted molar refractivity (Wildman–Crippen MR) is 121 cm³/mol. The molecule has 2 aromatic carbocycles. The number of hydrogen-bond acceptors (Lipinski definition) is 5. The van der Waals surface area contributed by atoms with Crippen molar-refractivity contribution in [3.05, 3.63) is 77.6 Å². The Bertz CT molecular complexity index is 1330. The molecule has 0 aliphatic carbocycles. The number of anilines is 2. The van der Waals surface area contributed by atoms with Crippen LogP contribution in [0.2, 0.25) is 0 Å². The SMILES string of the molecule is COc1cc(Nc2nc3n(n2)CCCC3c2cccc(C(F)(F)F)c2)ccc1-n1cnc(C)c1. The van der Waals surface area contributed by atoms with Crippen LogP contribution < -0.4 is 10.1 Å². The summed E-state index contributed by atoms with van der Waals surface area (Å²) in [5, 5.41) is 7.75. The van der Waals surface area contributed by atoms with Crippen molar-refractivity contribution in [3.8, 4) is 11.4 Å². The smallest absolute Gasteiger partial charge is 0.416 e. The fourth-order valence-electron chi connectivity index (χ4n) is 4.30. The molecule has 0 radical (unpaired) electrons. The van der Waals surface area contributed by atoms with Gasteiger partial charge in [0, 0.05) is 30.4 Å². The van der Waals surface area contributed by atoms with E-state index in [0.29, 0.717) is 36.1 Å². The van der Waals surface area contributed by atoms with Gasteiger partial charge in [0.25, 0.3) is 0 Å². The molecule has 1 N–H and O–H groups in total. The molecule has 0 bridgehead atoms. The van der Waals surface area contributed by atoms with Gasteiger partial charge in [-0.3, -0.25) is 0 Å². The zero-order chi connectivity index (χ0) is 23.9. The van der Waals surface area contributed by atoms with Crippen LogP contribution in [0.1, 0.15) is 41.4 Å². The second-order valence-electron chi connectivity index (χ2n) is 8.27. The lowest BCUT2D eigenvalue weighted by atomic mass is 9.90. The molecule has 4 aromatic rings. The molecule has 0 saturated carbocycles. The average molecular weight is 468 g/mol. The molecule has 0 fully saturated rings. The summed E-state index contributed by atoms with van der Waals surface area (Å²) in [4.78, 5) is 8.89. The fraction of sp³-hybridized carbons (Fsp3) is 0.292. The highest BCUT2D eigenvalue weighted by atomic mass is 19.4. The van der Waals surface area contributed by atoms with Gasteiger partial charge < -0.3 is 14.6 Å². The maximum absolute atomic E-state index is 13.2. The summed E-state index contributed by atoms with van der Waals surface area (Å²) in [6, 6.07) is 11.1. The van der Waals surface area contributed by atoms with E-state index in [-0.39, 0.29) is 5.92 Å². The molecule has 3 heterocycles. The van der Waals surface area contributed by atoms with E-state index in [0.717, 1.165) is 29.6 Å². The van der Waals surface area contributed by atoms with Crippen LogP contribution in [0.5, 0.6) is 5.75 Å². The van der Waals surface area contributed by atoms with Crippen molar-refractivity contribution in [2.75, 3.05) is 12.4 Å². The molecule has 0 amide bonds. The minimum atomic E-state index is -4.38. The Morgan fingerprint density at radius 1 is 1.15 bits per heavy atom. The zero-order valence-corrected chi connectivity index (χ0v) is 18.7. The van der Waals surface area contributed by atoms with Crippen molar-refractivity contribution in [1.29, 1.82) is 0 Å². The van der Waals surface area contributed by atoms with Crippen LogP contribution in [0, 0.1) is 6.92 Å². The molecule has 1 aliphatic rings. The number of imidazole rings is 1. The molecule has 1 unspecified atom stereocenters. The van der Waals surface area contributed by atoms with E-state index >= 15 is 0 Å². The number of hydrogen-bond donors (Lipinski definition) is 1. The molecule has 34 heavy (non-hydrogen) atoms. The van der Waals surface area contributed by atoms with Gasteiger partial charge in [0.15, 0.2) is 0 Å². The molecule has 7 nitrogen and oxygen atoms in total. The van der Waals surface area contributed by atoms with Crippen molar-refractivity contribution in [2.45, 2.75) is 38.4 Å². The molecule has 176 valence electrons. The minimum absolute atomic E-state index is 0.250. The van der Waals surface area contributed by atoms with Crippen molar-refractivity contribution in [2.24, 2.45) is 0 Å². The molecule has 0 saturated heterocycles. The van der Waals surface area contributed by atoms with Crippen LogP contribution >= 0.6 is 0 Å². The summed E-state index contributed by atoms with van der Waals surface area (Å²) < 4.78 is 48.9. The summed E-state index contributed by atoms with van der Waals surface area (Å²) in [6.07, 6.45) is 0.768. The molecule has 0 spiro atoms. The third kappa shape index (κ3) is 4.23. The van der Waals surface area contributed by atoms with Gasteiger partial charge >= 0.3 is 6.18 Å². The van der Waals surface area contributed by atoms with Gasteiger partial charge in [0.2, 0.25) is 5.95 Å².